The minimum absolute atomic E-state index is 0.0139. The predicted octanol–water partition coefficient (Wildman–Crippen LogP) is 4.14. The highest BCUT2D eigenvalue weighted by atomic mass is 19.4. The molecule has 15 heteroatoms. The summed E-state index contributed by atoms with van der Waals surface area (Å²) in [6, 6.07) is 2.27. The topological polar surface area (TPSA) is 127 Å². The largest absolute Gasteiger partial charge is 0.393 e. The van der Waals surface area contributed by atoms with Crippen LogP contribution in [0.5, 0.6) is 0 Å². The molecule has 4 atom stereocenters. The van der Waals surface area contributed by atoms with Crippen LogP contribution in [0.2, 0.25) is 0 Å². The maximum Gasteiger partial charge on any atom is 0.393 e. The maximum atomic E-state index is 14.4. The van der Waals surface area contributed by atoms with Crippen LogP contribution in [-0.2, 0) is 11.2 Å². The van der Waals surface area contributed by atoms with Gasteiger partial charge in [0.05, 0.1) is 29.5 Å². The minimum atomic E-state index is -4.42. The van der Waals surface area contributed by atoms with Crippen LogP contribution in [0.1, 0.15) is 84.5 Å². The van der Waals surface area contributed by atoms with E-state index in [0.717, 1.165) is 12.8 Å². The van der Waals surface area contributed by atoms with Gasteiger partial charge in [-0.05, 0) is 55.3 Å². The van der Waals surface area contributed by atoms with Crippen molar-refractivity contribution in [3.63, 3.8) is 0 Å². The summed E-state index contributed by atoms with van der Waals surface area (Å²) in [5, 5.41) is 17.2. The van der Waals surface area contributed by atoms with Crippen molar-refractivity contribution >= 4 is 17.5 Å². The van der Waals surface area contributed by atoms with Gasteiger partial charge in [-0.15, -0.1) is 0 Å². The molecule has 0 radical (unpaired) electrons. The van der Waals surface area contributed by atoms with Gasteiger partial charge in [-0.25, -0.2) is 22.9 Å². The lowest BCUT2D eigenvalue weighted by Gasteiger charge is -2.34. The first kappa shape index (κ1) is 27.5. The third kappa shape index (κ3) is 5.89. The molecular weight excluding hydrogens is 553 g/mol. The fourth-order valence-electron chi connectivity index (χ4n) is 5.89. The van der Waals surface area contributed by atoms with Crippen LogP contribution in [0.4, 0.5) is 22.0 Å². The molecule has 3 aliphatic rings. The van der Waals surface area contributed by atoms with Crippen molar-refractivity contribution in [2.75, 3.05) is 6.54 Å². The molecule has 220 valence electrons. The Kier molecular flexibility index (Phi) is 6.92. The Bertz CT molecular complexity index is 1450. The van der Waals surface area contributed by atoms with E-state index in [2.05, 4.69) is 31.0 Å². The fourth-order valence-corrected chi connectivity index (χ4v) is 5.89. The predicted molar refractivity (Wildman–Crippen MR) is 131 cm³/mol. The van der Waals surface area contributed by atoms with Gasteiger partial charge in [-0.1, -0.05) is 5.16 Å². The summed E-state index contributed by atoms with van der Waals surface area (Å²) in [6.45, 7) is -0.448. The second-order valence-electron chi connectivity index (χ2n) is 11.3. The Balaban J connectivity index is 1.26. The summed E-state index contributed by atoms with van der Waals surface area (Å²) >= 11 is 0. The van der Waals surface area contributed by atoms with Gasteiger partial charge < -0.3 is 10.6 Å². The van der Waals surface area contributed by atoms with Crippen molar-refractivity contribution < 1.29 is 36.2 Å². The van der Waals surface area contributed by atoms with E-state index in [1.165, 1.54) is 10.7 Å². The number of hydrogen-bond donors (Lipinski definition) is 2. The Morgan fingerprint density at radius 3 is 2.76 bits per heavy atom. The van der Waals surface area contributed by atoms with Crippen LogP contribution in [-0.4, -0.2) is 55.4 Å². The smallest absolute Gasteiger partial charge is 0.355 e. The molecule has 41 heavy (non-hydrogen) atoms. The molecule has 2 saturated carbocycles. The van der Waals surface area contributed by atoms with Gasteiger partial charge in [0.1, 0.15) is 5.69 Å². The summed E-state index contributed by atoms with van der Waals surface area (Å²) < 4.78 is 74.8. The van der Waals surface area contributed by atoms with Crippen LogP contribution < -0.4 is 10.6 Å². The normalized spacial score (nSPS) is 25.6. The number of aromatic nitrogens is 5. The van der Waals surface area contributed by atoms with Crippen molar-refractivity contribution in [3.05, 3.63) is 41.1 Å². The van der Waals surface area contributed by atoms with E-state index < -0.39 is 60.7 Å². The number of halogens is 5. The number of piperidine rings is 1. The molecule has 0 aromatic carbocycles. The minimum Gasteiger partial charge on any atom is -0.355 e. The zero-order chi connectivity index (χ0) is 28.9. The summed E-state index contributed by atoms with van der Waals surface area (Å²) in [4.78, 5) is 30.1. The molecule has 2 aliphatic carbocycles. The molecule has 2 unspecified atom stereocenters. The first-order valence-corrected chi connectivity index (χ1v) is 13.7. The third-order valence-corrected chi connectivity index (χ3v) is 8.22. The number of rotatable bonds is 7. The summed E-state index contributed by atoms with van der Waals surface area (Å²) in [7, 11) is 0. The van der Waals surface area contributed by atoms with Crippen LogP contribution in [0.15, 0.2) is 23.0 Å². The first-order valence-electron chi connectivity index (χ1n) is 13.7. The number of carbonyl (C=O) groups is 2. The van der Waals surface area contributed by atoms with Crippen molar-refractivity contribution in [2.45, 2.75) is 75.4 Å². The van der Waals surface area contributed by atoms with E-state index >= 15 is 0 Å². The van der Waals surface area contributed by atoms with Crippen LogP contribution in [0.3, 0.4) is 0 Å². The summed E-state index contributed by atoms with van der Waals surface area (Å²) in [5.74, 6) is -7.03. The maximum absolute atomic E-state index is 14.4. The van der Waals surface area contributed by atoms with E-state index in [4.69, 9.17) is 4.63 Å². The monoisotopic (exact) mass is 581 g/mol. The van der Waals surface area contributed by atoms with Gasteiger partial charge >= 0.3 is 6.18 Å². The quantitative estimate of drug-likeness (QED) is 0.402. The third-order valence-electron chi connectivity index (χ3n) is 8.22. The van der Waals surface area contributed by atoms with Crippen molar-refractivity contribution in [1.29, 1.82) is 0 Å². The molecule has 3 fully saturated rings. The van der Waals surface area contributed by atoms with Gasteiger partial charge in [-0.3, -0.25) is 9.59 Å². The van der Waals surface area contributed by atoms with Gasteiger partial charge in [0.15, 0.2) is 11.3 Å². The van der Waals surface area contributed by atoms with Gasteiger partial charge in [0.2, 0.25) is 11.8 Å². The van der Waals surface area contributed by atoms with Gasteiger partial charge in [0, 0.05) is 37.6 Å². The number of imidazole rings is 1. The highest BCUT2D eigenvalue weighted by Crippen LogP contribution is 2.43. The number of fused-ring (bicyclic) bond motifs is 1. The number of hydrogen-bond acceptors (Lipinski definition) is 7. The second-order valence-corrected chi connectivity index (χ2v) is 11.3. The number of amides is 2. The second kappa shape index (κ2) is 10.3. The van der Waals surface area contributed by atoms with E-state index in [1.54, 1.807) is 12.1 Å². The molecule has 3 aromatic heterocycles. The molecule has 1 saturated heterocycles. The van der Waals surface area contributed by atoms with Gasteiger partial charge in [0.25, 0.3) is 5.91 Å². The lowest BCUT2D eigenvalue weighted by Crippen LogP contribution is -2.47. The number of carbonyl (C=O) groups excluding carboxylic acids is 2. The molecule has 2 amide bonds. The lowest BCUT2D eigenvalue weighted by molar-refractivity contribution is -0.183. The molecule has 1 aliphatic heterocycles. The molecule has 2 N–H and O–H groups in total. The Morgan fingerprint density at radius 1 is 1.22 bits per heavy atom. The molecule has 3 aromatic rings. The highest BCUT2D eigenvalue weighted by Gasteiger charge is 2.45. The van der Waals surface area contributed by atoms with Crippen molar-refractivity contribution in [1.82, 2.24) is 35.5 Å². The van der Waals surface area contributed by atoms with Crippen LogP contribution in [0, 0.1) is 17.8 Å². The lowest BCUT2D eigenvalue weighted by atomic mass is 9.80. The average molecular weight is 582 g/mol. The molecule has 0 bridgehead atoms. The van der Waals surface area contributed by atoms with E-state index in [0.29, 0.717) is 29.1 Å². The number of nitrogens with zero attached hydrogens (tertiary/aromatic N) is 5. The van der Waals surface area contributed by atoms with E-state index in [-0.39, 0.29) is 37.3 Å². The molecule has 6 rings (SSSR count). The van der Waals surface area contributed by atoms with E-state index in [1.807, 2.05) is 0 Å². The first-order chi connectivity index (χ1) is 19.5. The molecular formula is C26H28F5N7O3. The zero-order valence-corrected chi connectivity index (χ0v) is 21.8. The van der Waals surface area contributed by atoms with Crippen LogP contribution >= 0.6 is 0 Å². The van der Waals surface area contributed by atoms with E-state index in [9.17, 15) is 31.5 Å². The number of alkyl halides is 5. The molecule has 0 spiro atoms. The fraction of sp³-hybridized carbons (Fsp3) is 0.615. The highest BCUT2D eigenvalue weighted by molar-refractivity contribution is 5.93. The van der Waals surface area contributed by atoms with Crippen LogP contribution in [0.25, 0.3) is 5.65 Å². The summed E-state index contributed by atoms with van der Waals surface area (Å²) in [5.41, 5.74) is 1.50. The Labute approximate surface area is 230 Å². The standard InChI is InChI=1S/C26H28F5N7O3/c27-25(28)7-1-2-14(10-25)20(34-24(40)22-21(13-3-4-13)36-41-37-22)18-12-38-19(33-18)6-5-17(35-38)9-15-8-16(26(29,30)31)11-32-23(15)39/h5-6,12-16,20H,1-4,7-11H2,(H,32,39)(H,34,40)/t14-,15?,16-,20?/m1/s1. The Morgan fingerprint density at radius 2 is 2.02 bits per heavy atom. The number of nitrogens with one attached hydrogen (secondary N) is 2. The SMILES string of the molecule is O=C(NC(c1cn2nc(CC3C[C@@H](C(F)(F)F)CNC3=O)ccc2n1)[C@@H]1CCCC(F)(F)C1)c1nonc1C1CC1. The summed E-state index contributed by atoms with van der Waals surface area (Å²) in [6.07, 6.45) is -1.50. The van der Waals surface area contributed by atoms with Crippen molar-refractivity contribution in [3.8, 4) is 0 Å². The zero-order valence-electron chi connectivity index (χ0n) is 21.8. The average Bonchev–Trinajstić information content (AvgIpc) is 3.47. The van der Waals surface area contributed by atoms with Crippen molar-refractivity contribution in [2.24, 2.45) is 17.8 Å². The van der Waals surface area contributed by atoms with Gasteiger partial charge in [-0.2, -0.15) is 18.3 Å². The Hall–Kier alpha value is -3.65. The molecule has 10 nitrogen and oxygen atoms in total. The molecule has 4 heterocycles.